The van der Waals surface area contributed by atoms with E-state index >= 15 is 0 Å². The van der Waals surface area contributed by atoms with Crippen LogP contribution in [0, 0.1) is 5.82 Å². The number of nitrogens with zero attached hydrogens (tertiary/aromatic N) is 2. The monoisotopic (exact) mass is 299 g/mol. The molecule has 3 nitrogen and oxygen atoms in total. The van der Waals surface area contributed by atoms with Crippen molar-refractivity contribution in [1.29, 1.82) is 0 Å². The minimum absolute atomic E-state index is 0.277. The van der Waals surface area contributed by atoms with E-state index in [1.54, 1.807) is 6.07 Å². The number of nitrogens with one attached hydrogen (secondary N) is 1. The Morgan fingerprint density at radius 1 is 1.45 bits per heavy atom. The summed E-state index contributed by atoms with van der Waals surface area (Å²) < 4.78 is 13.5. The van der Waals surface area contributed by atoms with Gasteiger partial charge in [-0.3, -0.25) is 0 Å². The fourth-order valence-electron chi connectivity index (χ4n) is 2.10. The predicted molar refractivity (Wildman–Crippen MR) is 87.0 cm³/mol. The van der Waals surface area contributed by atoms with Gasteiger partial charge in [0.05, 0.1) is 6.20 Å². The van der Waals surface area contributed by atoms with E-state index in [2.05, 4.69) is 42.2 Å². The average molecular weight is 299 g/mol. The SMILES string of the molecule is CCC(CSC)N(C)c1ncc(F)cc1CNC(C)C. The van der Waals surface area contributed by atoms with Gasteiger partial charge in [0.25, 0.3) is 0 Å². The van der Waals surface area contributed by atoms with Crippen molar-refractivity contribution in [1.82, 2.24) is 10.3 Å². The largest absolute Gasteiger partial charge is 0.356 e. The van der Waals surface area contributed by atoms with Crippen molar-refractivity contribution in [2.24, 2.45) is 0 Å². The molecule has 0 saturated heterocycles. The first-order chi connectivity index (χ1) is 9.49. The summed E-state index contributed by atoms with van der Waals surface area (Å²) >= 11 is 1.83. The maximum absolute atomic E-state index is 13.5. The summed E-state index contributed by atoms with van der Waals surface area (Å²) in [6.07, 6.45) is 4.46. The number of hydrogen-bond acceptors (Lipinski definition) is 4. The molecule has 0 amide bonds. The van der Waals surface area contributed by atoms with Crippen LogP contribution in [0.5, 0.6) is 0 Å². The lowest BCUT2D eigenvalue weighted by molar-refractivity contribution is 0.573. The Balaban J connectivity index is 2.96. The van der Waals surface area contributed by atoms with E-state index in [1.165, 1.54) is 6.20 Å². The van der Waals surface area contributed by atoms with Crippen LogP contribution < -0.4 is 10.2 Å². The standard InChI is InChI=1S/C15H26FN3S/c1-6-14(10-20-5)19(4)15-12(8-17-11(2)3)7-13(16)9-18-15/h7,9,11,14,17H,6,8,10H2,1-5H3. The molecule has 0 aliphatic carbocycles. The molecule has 0 aliphatic heterocycles. The molecule has 0 aromatic carbocycles. The first-order valence-electron chi connectivity index (χ1n) is 7.09. The molecular weight excluding hydrogens is 273 g/mol. The highest BCUT2D eigenvalue weighted by molar-refractivity contribution is 7.98. The minimum Gasteiger partial charge on any atom is -0.356 e. The minimum atomic E-state index is -0.277. The lowest BCUT2D eigenvalue weighted by Crippen LogP contribution is -2.35. The lowest BCUT2D eigenvalue weighted by Gasteiger charge is -2.29. The molecule has 1 unspecified atom stereocenters. The van der Waals surface area contributed by atoms with E-state index in [4.69, 9.17) is 0 Å². The van der Waals surface area contributed by atoms with E-state index in [0.29, 0.717) is 18.6 Å². The van der Waals surface area contributed by atoms with E-state index in [9.17, 15) is 4.39 Å². The molecule has 1 rings (SSSR count). The van der Waals surface area contributed by atoms with Crippen LogP contribution in [-0.2, 0) is 6.54 Å². The maximum Gasteiger partial charge on any atom is 0.141 e. The van der Waals surface area contributed by atoms with E-state index in [0.717, 1.165) is 23.6 Å². The second-order valence-electron chi connectivity index (χ2n) is 5.30. The fourth-order valence-corrected chi connectivity index (χ4v) is 2.95. The average Bonchev–Trinajstić information content (AvgIpc) is 2.42. The molecule has 0 bridgehead atoms. The van der Waals surface area contributed by atoms with Crippen LogP contribution in [0.4, 0.5) is 10.2 Å². The van der Waals surface area contributed by atoms with E-state index < -0.39 is 0 Å². The van der Waals surface area contributed by atoms with Crippen LogP contribution in [0.15, 0.2) is 12.3 Å². The van der Waals surface area contributed by atoms with Crippen molar-refractivity contribution in [3.8, 4) is 0 Å². The van der Waals surface area contributed by atoms with Crippen molar-refractivity contribution < 1.29 is 4.39 Å². The number of pyridine rings is 1. The van der Waals surface area contributed by atoms with Gasteiger partial charge in [-0.1, -0.05) is 20.8 Å². The number of halogens is 1. The van der Waals surface area contributed by atoms with Gasteiger partial charge in [-0.2, -0.15) is 11.8 Å². The topological polar surface area (TPSA) is 28.2 Å². The third-order valence-electron chi connectivity index (χ3n) is 3.32. The predicted octanol–water partition coefficient (Wildman–Crippen LogP) is 3.30. The van der Waals surface area contributed by atoms with E-state index in [-0.39, 0.29) is 5.82 Å². The lowest BCUT2D eigenvalue weighted by atomic mass is 10.1. The van der Waals surface area contributed by atoms with Gasteiger partial charge in [-0.25, -0.2) is 9.37 Å². The summed E-state index contributed by atoms with van der Waals surface area (Å²) in [6.45, 7) is 6.97. The number of anilines is 1. The fraction of sp³-hybridized carbons (Fsp3) is 0.667. The van der Waals surface area contributed by atoms with Gasteiger partial charge in [0.2, 0.25) is 0 Å². The van der Waals surface area contributed by atoms with Crippen LogP contribution in [0.1, 0.15) is 32.8 Å². The highest BCUT2D eigenvalue weighted by Crippen LogP contribution is 2.22. The quantitative estimate of drug-likeness (QED) is 0.797. The first kappa shape index (κ1) is 17.2. The van der Waals surface area contributed by atoms with Gasteiger partial charge in [0.15, 0.2) is 0 Å². The molecule has 0 spiro atoms. The highest BCUT2D eigenvalue weighted by Gasteiger charge is 2.17. The van der Waals surface area contributed by atoms with Crippen molar-refractivity contribution >= 4 is 17.6 Å². The summed E-state index contributed by atoms with van der Waals surface area (Å²) in [7, 11) is 2.05. The Kier molecular flexibility index (Phi) is 7.30. The Morgan fingerprint density at radius 3 is 2.70 bits per heavy atom. The Bertz CT molecular complexity index is 412. The number of rotatable bonds is 8. The molecule has 114 valence electrons. The molecule has 0 aliphatic rings. The molecular formula is C15H26FN3S. The summed E-state index contributed by atoms with van der Waals surface area (Å²) in [5.41, 5.74) is 0.917. The maximum atomic E-state index is 13.5. The summed E-state index contributed by atoms with van der Waals surface area (Å²) in [6, 6.07) is 2.37. The van der Waals surface area contributed by atoms with Gasteiger partial charge in [0.1, 0.15) is 11.6 Å². The van der Waals surface area contributed by atoms with Crippen LogP contribution in [0.3, 0.4) is 0 Å². The van der Waals surface area contributed by atoms with Crippen molar-refractivity contribution in [3.05, 3.63) is 23.6 Å². The molecule has 5 heteroatoms. The Hall–Kier alpha value is -0.810. The second kappa shape index (κ2) is 8.47. The third-order valence-corrected chi connectivity index (χ3v) is 4.04. The first-order valence-corrected chi connectivity index (χ1v) is 8.48. The van der Waals surface area contributed by atoms with Gasteiger partial charge >= 0.3 is 0 Å². The number of aromatic nitrogens is 1. The van der Waals surface area contributed by atoms with Crippen LogP contribution in [-0.4, -0.2) is 36.1 Å². The zero-order chi connectivity index (χ0) is 15.1. The van der Waals surface area contributed by atoms with E-state index in [1.807, 2.05) is 18.8 Å². The molecule has 20 heavy (non-hydrogen) atoms. The third kappa shape index (κ3) is 4.94. The second-order valence-corrected chi connectivity index (χ2v) is 6.21. The van der Waals surface area contributed by atoms with Gasteiger partial charge in [-0.05, 0) is 18.7 Å². The molecule has 1 atom stereocenters. The molecule has 1 heterocycles. The molecule has 0 saturated carbocycles. The zero-order valence-electron chi connectivity index (χ0n) is 13.1. The Labute approximate surface area is 126 Å². The van der Waals surface area contributed by atoms with Gasteiger partial charge < -0.3 is 10.2 Å². The van der Waals surface area contributed by atoms with Crippen molar-refractivity contribution in [3.63, 3.8) is 0 Å². The Morgan fingerprint density at radius 2 is 2.15 bits per heavy atom. The molecule has 1 aromatic rings. The zero-order valence-corrected chi connectivity index (χ0v) is 13.9. The molecule has 1 N–H and O–H groups in total. The van der Waals surface area contributed by atoms with Crippen LogP contribution in [0.25, 0.3) is 0 Å². The summed E-state index contributed by atoms with van der Waals surface area (Å²) in [4.78, 5) is 6.48. The molecule has 0 radical (unpaired) electrons. The van der Waals surface area contributed by atoms with Crippen LogP contribution in [0.2, 0.25) is 0 Å². The molecule has 1 aromatic heterocycles. The van der Waals surface area contributed by atoms with Crippen LogP contribution >= 0.6 is 11.8 Å². The molecule has 0 fully saturated rings. The summed E-state index contributed by atoms with van der Waals surface area (Å²) in [5.74, 6) is 1.64. The number of thioether (sulfide) groups is 1. The number of hydrogen-bond donors (Lipinski definition) is 1. The van der Waals surface area contributed by atoms with Gasteiger partial charge in [0, 0.05) is 37.0 Å². The van der Waals surface area contributed by atoms with Crippen molar-refractivity contribution in [2.75, 3.05) is 24.0 Å². The highest BCUT2D eigenvalue weighted by atomic mass is 32.2. The summed E-state index contributed by atoms with van der Waals surface area (Å²) in [5, 5.41) is 3.33. The smallest absolute Gasteiger partial charge is 0.141 e. The van der Waals surface area contributed by atoms with Crippen molar-refractivity contribution in [2.45, 2.75) is 45.8 Å². The van der Waals surface area contributed by atoms with Gasteiger partial charge in [-0.15, -0.1) is 0 Å². The normalized spacial score (nSPS) is 12.8.